The Balaban J connectivity index is 2.13. The van der Waals surface area contributed by atoms with Crippen LogP contribution in [0.5, 0.6) is 0 Å². The van der Waals surface area contributed by atoms with E-state index < -0.39 is 0 Å². The Morgan fingerprint density at radius 1 is 1.36 bits per heavy atom. The Kier molecular flexibility index (Phi) is 4.74. The highest BCUT2D eigenvalue weighted by Gasteiger charge is 2.06. The van der Waals surface area contributed by atoms with Gasteiger partial charge in [-0.15, -0.1) is 0 Å². The molecule has 1 heterocycles. The summed E-state index contributed by atoms with van der Waals surface area (Å²) in [6, 6.07) is 4.28. The molecule has 1 rings (SSSR count). The molecular weight excluding hydrogens is 174 g/mol. The second-order valence-corrected chi connectivity index (χ2v) is 4.23. The summed E-state index contributed by atoms with van der Waals surface area (Å²) in [7, 11) is 0. The number of furan rings is 1. The van der Waals surface area contributed by atoms with Crippen LogP contribution in [0.1, 0.15) is 45.4 Å². The van der Waals surface area contributed by atoms with Crippen LogP contribution >= 0.6 is 0 Å². The zero-order valence-corrected chi connectivity index (χ0v) is 9.42. The molecule has 0 saturated heterocycles. The SMILES string of the molecule is CC(C)CCCN[C@@H](C)c1ccco1. The Hall–Kier alpha value is -0.760. The maximum atomic E-state index is 5.31. The lowest BCUT2D eigenvalue weighted by Gasteiger charge is -2.11. The van der Waals surface area contributed by atoms with Gasteiger partial charge in [-0.2, -0.15) is 0 Å². The van der Waals surface area contributed by atoms with Gasteiger partial charge in [-0.05, 0) is 44.4 Å². The van der Waals surface area contributed by atoms with Crippen LogP contribution in [0.2, 0.25) is 0 Å². The van der Waals surface area contributed by atoms with E-state index in [0.717, 1.165) is 18.2 Å². The second-order valence-electron chi connectivity index (χ2n) is 4.23. The van der Waals surface area contributed by atoms with E-state index in [-0.39, 0.29) is 0 Å². The van der Waals surface area contributed by atoms with Gasteiger partial charge in [0.25, 0.3) is 0 Å². The fourth-order valence-electron chi connectivity index (χ4n) is 1.47. The molecule has 0 unspecified atom stereocenters. The average molecular weight is 195 g/mol. The minimum Gasteiger partial charge on any atom is -0.468 e. The van der Waals surface area contributed by atoms with E-state index >= 15 is 0 Å². The first kappa shape index (κ1) is 11.3. The summed E-state index contributed by atoms with van der Waals surface area (Å²) in [6.45, 7) is 7.72. The molecule has 0 radical (unpaired) electrons. The van der Waals surface area contributed by atoms with Crippen LogP contribution in [0, 0.1) is 5.92 Å². The Bertz CT molecular complexity index is 228. The first-order valence-electron chi connectivity index (χ1n) is 5.47. The van der Waals surface area contributed by atoms with E-state index in [1.54, 1.807) is 6.26 Å². The number of nitrogens with one attached hydrogen (secondary N) is 1. The molecule has 1 aromatic heterocycles. The quantitative estimate of drug-likeness (QED) is 0.704. The van der Waals surface area contributed by atoms with Gasteiger partial charge in [0.2, 0.25) is 0 Å². The van der Waals surface area contributed by atoms with Gasteiger partial charge in [-0.1, -0.05) is 13.8 Å². The van der Waals surface area contributed by atoms with E-state index in [1.807, 2.05) is 12.1 Å². The third-order valence-electron chi connectivity index (χ3n) is 2.38. The van der Waals surface area contributed by atoms with Gasteiger partial charge in [0.15, 0.2) is 0 Å². The summed E-state index contributed by atoms with van der Waals surface area (Å²) in [5, 5.41) is 3.45. The molecule has 0 bridgehead atoms. The second kappa shape index (κ2) is 5.86. The largest absolute Gasteiger partial charge is 0.468 e. The van der Waals surface area contributed by atoms with Crippen LogP contribution in [-0.4, -0.2) is 6.54 Å². The number of hydrogen-bond acceptors (Lipinski definition) is 2. The first-order chi connectivity index (χ1) is 6.70. The topological polar surface area (TPSA) is 25.2 Å². The molecule has 80 valence electrons. The molecule has 0 aliphatic rings. The van der Waals surface area contributed by atoms with Crippen LogP contribution in [0.25, 0.3) is 0 Å². The molecule has 0 amide bonds. The highest BCUT2D eigenvalue weighted by molar-refractivity contribution is 5.02. The van der Waals surface area contributed by atoms with Crippen molar-refractivity contribution in [3.63, 3.8) is 0 Å². The highest BCUT2D eigenvalue weighted by Crippen LogP contribution is 2.12. The van der Waals surface area contributed by atoms with Gasteiger partial charge in [-0.25, -0.2) is 0 Å². The molecular formula is C12H21NO. The van der Waals surface area contributed by atoms with E-state index in [9.17, 15) is 0 Å². The lowest BCUT2D eigenvalue weighted by molar-refractivity contribution is 0.420. The van der Waals surface area contributed by atoms with Crippen LogP contribution < -0.4 is 5.32 Å². The normalized spacial score (nSPS) is 13.4. The summed E-state index contributed by atoms with van der Waals surface area (Å²) in [5.41, 5.74) is 0. The predicted molar refractivity (Wildman–Crippen MR) is 59.2 cm³/mol. The molecule has 1 atom stereocenters. The molecule has 0 aliphatic heterocycles. The van der Waals surface area contributed by atoms with E-state index in [1.165, 1.54) is 12.8 Å². The van der Waals surface area contributed by atoms with Crippen molar-refractivity contribution in [2.45, 2.75) is 39.7 Å². The van der Waals surface area contributed by atoms with Crippen molar-refractivity contribution in [1.29, 1.82) is 0 Å². The van der Waals surface area contributed by atoms with Crippen LogP contribution in [0.15, 0.2) is 22.8 Å². The standard InChI is InChI=1S/C12H21NO/c1-10(2)6-4-8-13-11(3)12-7-5-9-14-12/h5,7,9-11,13H,4,6,8H2,1-3H3/t11-/m0/s1. The van der Waals surface area contributed by atoms with Crippen molar-refractivity contribution < 1.29 is 4.42 Å². The number of hydrogen-bond donors (Lipinski definition) is 1. The van der Waals surface area contributed by atoms with E-state index in [2.05, 4.69) is 26.1 Å². The molecule has 1 aromatic rings. The summed E-state index contributed by atoms with van der Waals surface area (Å²) in [6.07, 6.45) is 4.25. The van der Waals surface area contributed by atoms with Gasteiger partial charge in [-0.3, -0.25) is 0 Å². The molecule has 14 heavy (non-hydrogen) atoms. The van der Waals surface area contributed by atoms with Crippen molar-refractivity contribution >= 4 is 0 Å². The zero-order valence-electron chi connectivity index (χ0n) is 9.42. The third kappa shape index (κ3) is 3.97. The van der Waals surface area contributed by atoms with Gasteiger partial charge >= 0.3 is 0 Å². The van der Waals surface area contributed by atoms with Crippen molar-refractivity contribution in [2.75, 3.05) is 6.54 Å². The fraction of sp³-hybridized carbons (Fsp3) is 0.667. The molecule has 2 heteroatoms. The lowest BCUT2D eigenvalue weighted by atomic mass is 10.1. The predicted octanol–water partition coefficient (Wildman–Crippen LogP) is 3.37. The Morgan fingerprint density at radius 3 is 2.71 bits per heavy atom. The summed E-state index contributed by atoms with van der Waals surface area (Å²) in [4.78, 5) is 0. The maximum Gasteiger partial charge on any atom is 0.120 e. The van der Waals surface area contributed by atoms with Crippen LogP contribution in [-0.2, 0) is 0 Å². The third-order valence-corrected chi connectivity index (χ3v) is 2.38. The Morgan fingerprint density at radius 2 is 2.14 bits per heavy atom. The molecule has 0 aliphatic carbocycles. The highest BCUT2D eigenvalue weighted by atomic mass is 16.3. The van der Waals surface area contributed by atoms with Crippen molar-refractivity contribution in [1.82, 2.24) is 5.32 Å². The van der Waals surface area contributed by atoms with Crippen molar-refractivity contribution in [3.8, 4) is 0 Å². The monoisotopic (exact) mass is 195 g/mol. The molecule has 0 saturated carbocycles. The zero-order chi connectivity index (χ0) is 10.4. The summed E-state index contributed by atoms with van der Waals surface area (Å²) >= 11 is 0. The molecule has 0 aromatic carbocycles. The minimum atomic E-state index is 0.331. The average Bonchev–Trinajstić information content (AvgIpc) is 2.64. The first-order valence-corrected chi connectivity index (χ1v) is 5.47. The van der Waals surface area contributed by atoms with Gasteiger partial charge in [0.1, 0.15) is 5.76 Å². The van der Waals surface area contributed by atoms with Gasteiger partial charge in [0.05, 0.1) is 12.3 Å². The molecule has 1 N–H and O–H groups in total. The Labute approximate surface area is 86.7 Å². The van der Waals surface area contributed by atoms with Crippen molar-refractivity contribution in [2.24, 2.45) is 5.92 Å². The van der Waals surface area contributed by atoms with E-state index in [0.29, 0.717) is 6.04 Å². The lowest BCUT2D eigenvalue weighted by Crippen LogP contribution is -2.19. The fourth-order valence-corrected chi connectivity index (χ4v) is 1.47. The summed E-state index contributed by atoms with van der Waals surface area (Å²) in [5.74, 6) is 1.82. The van der Waals surface area contributed by atoms with Gasteiger partial charge in [0, 0.05) is 0 Å². The van der Waals surface area contributed by atoms with E-state index in [4.69, 9.17) is 4.42 Å². The molecule has 0 fully saturated rings. The molecule has 0 spiro atoms. The van der Waals surface area contributed by atoms with Crippen LogP contribution in [0.3, 0.4) is 0 Å². The van der Waals surface area contributed by atoms with Crippen molar-refractivity contribution in [3.05, 3.63) is 24.2 Å². The van der Waals surface area contributed by atoms with Crippen LogP contribution in [0.4, 0.5) is 0 Å². The molecule has 2 nitrogen and oxygen atoms in total. The van der Waals surface area contributed by atoms with Gasteiger partial charge < -0.3 is 9.73 Å². The number of rotatable bonds is 6. The minimum absolute atomic E-state index is 0.331. The summed E-state index contributed by atoms with van der Waals surface area (Å²) < 4.78 is 5.31. The maximum absolute atomic E-state index is 5.31. The smallest absolute Gasteiger partial charge is 0.120 e.